The van der Waals surface area contributed by atoms with Crippen LogP contribution in [0.2, 0.25) is 0 Å². The van der Waals surface area contributed by atoms with Gasteiger partial charge in [-0.05, 0) is 36.2 Å². The van der Waals surface area contributed by atoms with E-state index in [1.165, 1.54) is 5.56 Å². The molecule has 0 aliphatic heterocycles. The highest BCUT2D eigenvalue weighted by Crippen LogP contribution is 2.41. The van der Waals surface area contributed by atoms with Gasteiger partial charge in [0, 0.05) is 13.2 Å². The fraction of sp³-hybridized carbons (Fsp3) is 0.538. The third kappa shape index (κ3) is 2.21. The average molecular weight is 206 g/mol. The quantitative estimate of drug-likeness (QED) is 0.791. The van der Waals surface area contributed by atoms with Crippen LogP contribution in [0.5, 0.6) is 0 Å². The van der Waals surface area contributed by atoms with Gasteiger partial charge in [0.15, 0.2) is 0 Å². The maximum absolute atomic E-state index is 9.22. The van der Waals surface area contributed by atoms with Crippen LogP contribution in [0.3, 0.4) is 0 Å². The van der Waals surface area contributed by atoms with E-state index in [9.17, 15) is 10.2 Å². The van der Waals surface area contributed by atoms with Gasteiger partial charge in [0.2, 0.25) is 0 Å². The molecule has 1 aromatic carbocycles. The van der Waals surface area contributed by atoms with Crippen molar-refractivity contribution in [3.63, 3.8) is 0 Å². The Hall–Kier alpha value is -0.860. The van der Waals surface area contributed by atoms with E-state index in [-0.39, 0.29) is 25.0 Å². The summed E-state index contributed by atoms with van der Waals surface area (Å²) in [6.07, 6.45) is 2.01. The lowest BCUT2D eigenvalue weighted by molar-refractivity contribution is 0.141. The van der Waals surface area contributed by atoms with E-state index in [1.807, 2.05) is 6.07 Å². The fourth-order valence-electron chi connectivity index (χ4n) is 2.66. The van der Waals surface area contributed by atoms with Crippen LogP contribution in [0.15, 0.2) is 30.3 Å². The van der Waals surface area contributed by atoms with E-state index in [2.05, 4.69) is 24.3 Å². The van der Waals surface area contributed by atoms with Crippen LogP contribution >= 0.6 is 0 Å². The Morgan fingerprint density at radius 1 is 0.933 bits per heavy atom. The van der Waals surface area contributed by atoms with E-state index in [0.717, 1.165) is 12.8 Å². The van der Waals surface area contributed by atoms with Crippen LogP contribution in [-0.4, -0.2) is 23.4 Å². The number of aliphatic hydroxyl groups is 2. The molecule has 1 saturated carbocycles. The lowest BCUT2D eigenvalue weighted by Crippen LogP contribution is -2.15. The van der Waals surface area contributed by atoms with Gasteiger partial charge in [-0.25, -0.2) is 0 Å². The maximum Gasteiger partial charge on any atom is 0.0462 e. The first-order valence-electron chi connectivity index (χ1n) is 5.61. The summed E-state index contributed by atoms with van der Waals surface area (Å²) in [6.45, 7) is 0.406. The molecule has 0 aromatic heterocycles. The average Bonchev–Trinajstić information content (AvgIpc) is 2.73. The Morgan fingerprint density at radius 2 is 1.47 bits per heavy atom. The van der Waals surface area contributed by atoms with Crippen molar-refractivity contribution >= 4 is 0 Å². The zero-order chi connectivity index (χ0) is 10.7. The summed E-state index contributed by atoms with van der Waals surface area (Å²) in [6, 6.07) is 10.4. The van der Waals surface area contributed by atoms with Crippen LogP contribution in [0.4, 0.5) is 0 Å². The van der Waals surface area contributed by atoms with E-state index >= 15 is 0 Å². The van der Waals surface area contributed by atoms with Gasteiger partial charge in [-0.3, -0.25) is 0 Å². The molecule has 0 saturated heterocycles. The van der Waals surface area contributed by atoms with Crippen molar-refractivity contribution in [1.29, 1.82) is 0 Å². The Kier molecular flexibility index (Phi) is 3.39. The van der Waals surface area contributed by atoms with Crippen molar-refractivity contribution < 1.29 is 10.2 Å². The second kappa shape index (κ2) is 4.77. The fourth-order valence-corrected chi connectivity index (χ4v) is 2.66. The summed E-state index contributed by atoms with van der Waals surface area (Å²) >= 11 is 0. The molecule has 15 heavy (non-hydrogen) atoms. The molecule has 0 bridgehead atoms. The van der Waals surface area contributed by atoms with Gasteiger partial charge in [-0.2, -0.15) is 0 Å². The lowest BCUT2D eigenvalue weighted by Gasteiger charge is -2.12. The van der Waals surface area contributed by atoms with Crippen molar-refractivity contribution in [2.24, 2.45) is 11.8 Å². The second-order valence-electron chi connectivity index (χ2n) is 4.46. The van der Waals surface area contributed by atoms with Gasteiger partial charge in [0.25, 0.3) is 0 Å². The molecule has 2 atom stereocenters. The molecule has 0 radical (unpaired) electrons. The molecule has 2 N–H and O–H groups in total. The molecule has 0 amide bonds. The minimum absolute atomic E-state index is 0.203. The largest absolute Gasteiger partial charge is 0.396 e. The van der Waals surface area contributed by atoms with Crippen molar-refractivity contribution in [3.8, 4) is 0 Å². The molecule has 2 unspecified atom stereocenters. The van der Waals surface area contributed by atoms with Crippen LogP contribution in [0, 0.1) is 11.8 Å². The molecule has 2 rings (SSSR count). The van der Waals surface area contributed by atoms with Crippen molar-refractivity contribution in [3.05, 3.63) is 35.9 Å². The highest BCUT2D eigenvalue weighted by atomic mass is 16.3. The van der Waals surface area contributed by atoms with Crippen LogP contribution in [0.25, 0.3) is 0 Å². The Bertz CT molecular complexity index is 285. The summed E-state index contributed by atoms with van der Waals surface area (Å²) in [4.78, 5) is 0. The summed E-state index contributed by atoms with van der Waals surface area (Å²) in [5.41, 5.74) is 1.34. The van der Waals surface area contributed by atoms with E-state index in [0.29, 0.717) is 5.92 Å². The van der Waals surface area contributed by atoms with Crippen molar-refractivity contribution in [2.75, 3.05) is 13.2 Å². The number of hydrogen-bond acceptors (Lipinski definition) is 2. The molecule has 1 fully saturated rings. The van der Waals surface area contributed by atoms with E-state index in [1.54, 1.807) is 0 Å². The predicted octanol–water partition coefficient (Wildman–Crippen LogP) is 1.78. The lowest BCUT2D eigenvalue weighted by atomic mass is 9.96. The van der Waals surface area contributed by atoms with Gasteiger partial charge in [-0.15, -0.1) is 0 Å². The van der Waals surface area contributed by atoms with E-state index in [4.69, 9.17) is 0 Å². The third-order valence-corrected chi connectivity index (χ3v) is 3.58. The molecule has 0 spiro atoms. The van der Waals surface area contributed by atoms with Crippen molar-refractivity contribution in [1.82, 2.24) is 0 Å². The minimum Gasteiger partial charge on any atom is -0.396 e. The third-order valence-electron chi connectivity index (χ3n) is 3.58. The summed E-state index contributed by atoms with van der Waals surface area (Å²) in [7, 11) is 0. The smallest absolute Gasteiger partial charge is 0.0462 e. The first kappa shape index (κ1) is 10.7. The summed E-state index contributed by atoms with van der Waals surface area (Å²) in [5, 5.41) is 18.4. The summed E-state index contributed by atoms with van der Waals surface area (Å²) in [5.74, 6) is 1.07. The zero-order valence-electron chi connectivity index (χ0n) is 8.84. The Morgan fingerprint density at radius 3 is 1.93 bits per heavy atom. The molecule has 2 heteroatoms. The standard InChI is InChI=1S/C13H18O2/c14-8-12-6-11(7-13(12)9-15)10-4-2-1-3-5-10/h1-5,11-15H,6-9H2. The van der Waals surface area contributed by atoms with Crippen molar-refractivity contribution in [2.45, 2.75) is 18.8 Å². The number of hydrogen-bond donors (Lipinski definition) is 2. The molecule has 1 aromatic rings. The maximum atomic E-state index is 9.22. The van der Waals surface area contributed by atoms with E-state index < -0.39 is 0 Å². The van der Waals surface area contributed by atoms with Gasteiger partial charge >= 0.3 is 0 Å². The van der Waals surface area contributed by atoms with Gasteiger partial charge in [0.1, 0.15) is 0 Å². The first-order valence-corrected chi connectivity index (χ1v) is 5.61. The molecule has 1 aliphatic rings. The number of rotatable bonds is 3. The Balaban J connectivity index is 2.08. The summed E-state index contributed by atoms with van der Waals surface area (Å²) < 4.78 is 0. The van der Waals surface area contributed by atoms with Crippen LogP contribution in [0.1, 0.15) is 24.3 Å². The molecule has 1 aliphatic carbocycles. The molecule has 0 heterocycles. The molecule has 82 valence electrons. The molecule has 2 nitrogen and oxygen atoms in total. The molecular weight excluding hydrogens is 188 g/mol. The topological polar surface area (TPSA) is 40.5 Å². The highest BCUT2D eigenvalue weighted by Gasteiger charge is 2.33. The van der Waals surface area contributed by atoms with Gasteiger partial charge in [0.05, 0.1) is 0 Å². The Labute approximate surface area is 90.6 Å². The SMILES string of the molecule is OCC1CC(c2ccccc2)CC1CO. The second-order valence-corrected chi connectivity index (χ2v) is 4.46. The first-order chi connectivity index (χ1) is 7.35. The molecular formula is C13H18O2. The zero-order valence-corrected chi connectivity index (χ0v) is 8.84. The van der Waals surface area contributed by atoms with Crippen LogP contribution in [-0.2, 0) is 0 Å². The highest BCUT2D eigenvalue weighted by molar-refractivity contribution is 5.21. The van der Waals surface area contributed by atoms with Gasteiger partial charge < -0.3 is 10.2 Å². The minimum atomic E-state index is 0.203. The normalized spacial score (nSPS) is 30.7. The number of aliphatic hydroxyl groups excluding tert-OH is 2. The predicted molar refractivity (Wildman–Crippen MR) is 59.6 cm³/mol. The monoisotopic (exact) mass is 206 g/mol. The van der Waals surface area contributed by atoms with Gasteiger partial charge in [-0.1, -0.05) is 30.3 Å². The number of benzene rings is 1. The van der Waals surface area contributed by atoms with Crippen LogP contribution < -0.4 is 0 Å².